The second kappa shape index (κ2) is 9.93. The lowest BCUT2D eigenvalue weighted by molar-refractivity contribution is 0.415. The molecule has 0 saturated carbocycles. The van der Waals surface area contributed by atoms with Gasteiger partial charge in [0.15, 0.2) is 11.0 Å². The topological polar surface area (TPSA) is 85.7 Å². The third-order valence-corrected chi connectivity index (χ3v) is 6.51. The van der Waals surface area contributed by atoms with E-state index in [0.717, 1.165) is 28.7 Å². The van der Waals surface area contributed by atoms with Crippen molar-refractivity contribution in [3.8, 4) is 17.1 Å². The number of thioether (sulfide) groups is 1. The van der Waals surface area contributed by atoms with Crippen LogP contribution in [0.15, 0.2) is 88.8 Å². The van der Waals surface area contributed by atoms with Gasteiger partial charge in [-0.15, -0.1) is 10.2 Å². The zero-order valence-corrected chi connectivity index (χ0v) is 19.5. The van der Waals surface area contributed by atoms with E-state index in [2.05, 4.69) is 36.9 Å². The predicted molar refractivity (Wildman–Crippen MR) is 134 cm³/mol. The summed E-state index contributed by atoms with van der Waals surface area (Å²) in [6, 6.07) is 25.5. The first-order chi connectivity index (χ1) is 16.7. The number of rotatable bonds is 8. The number of benzene rings is 3. The van der Waals surface area contributed by atoms with Gasteiger partial charge in [-0.05, 0) is 36.2 Å². The molecule has 34 heavy (non-hydrogen) atoms. The Balaban J connectivity index is 1.46. The minimum atomic E-state index is -0.138. The van der Waals surface area contributed by atoms with Crippen molar-refractivity contribution >= 4 is 22.7 Å². The third kappa shape index (κ3) is 4.58. The van der Waals surface area contributed by atoms with Crippen LogP contribution in [0.2, 0.25) is 0 Å². The average Bonchev–Trinajstić information content (AvgIpc) is 3.29. The molecule has 0 spiro atoms. The normalized spacial score (nSPS) is 11.1. The number of hydrogen-bond donors (Lipinski definition) is 1. The minimum absolute atomic E-state index is 0.138. The van der Waals surface area contributed by atoms with Crippen LogP contribution in [0.5, 0.6) is 5.75 Å². The summed E-state index contributed by atoms with van der Waals surface area (Å²) in [5.74, 6) is 2.56. The van der Waals surface area contributed by atoms with Crippen molar-refractivity contribution in [2.24, 2.45) is 0 Å². The van der Waals surface area contributed by atoms with Crippen LogP contribution in [-0.4, -0.2) is 31.8 Å². The molecule has 0 radical (unpaired) electrons. The predicted octanol–water partition coefficient (Wildman–Crippen LogP) is 4.73. The molecule has 0 saturated heterocycles. The molecular formula is C26H23N5O2S. The summed E-state index contributed by atoms with van der Waals surface area (Å²) >= 11 is 1.50. The van der Waals surface area contributed by atoms with Gasteiger partial charge in [0.25, 0.3) is 5.56 Å². The van der Waals surface area contributed by atoms with Crippen LogP contribution >= 0.6 is 11.8 Å². The summed E-state index contributed by atoms with van der Waals surface area (Å²) in [7, 11) is 1.65. The van der Waals surface area contributed by atoms with Crippen LogP contribution in [-0.2, 0) is 18.7 Å². The molecular weight excluding hydrogens is 446 g/mol. The molecule has 2 heterocycles. The number of aromatic nitrogens is 5. The van der Waals surface area contributed by atoms with E-state index in [1.807, 2.05) is 60.7 Å². The highest BCUT2D eigenvalue weighted by atomic mass is 32.2. The molecule has 170 valence electrons. The maximum absolute atomic E-state index is 12.4. The third-order valence-electron chi connectivity index (χ3n) is 5.53. The fraction of sp³-hybridized carbons (Fsp3) is 0.154. The van der Waals surface area contributed by atoms with E-state index in [1.54, 1.807) is 13.2 Å². The number of H-pyrrole nitrogens is 1. The molecule has 7 nitrogen and oxygen atoms in total. The molecule has 5 aromatic rings. The number of methoxy groups -OCH3 is 1. The van der Waals surface area contributed by atoms with E-state index in [-0.39, 0.29) is 5.56 Å². The quantitative estimate of drug-likeness (QED) is 0.331. The SMILES string of the molecule is COc1ccccc1-c1nnc(SCc2nc3ccccc3c(=O)[nH]2)n1CCc1ccccc1. The van der Waals surface area contributed by atoms with Gasteiger partial charge in [-0.2, -0.15) is 0 Å². The van der Waals surface area contributed by atoms with Gasteiger partial charge in [-0.3, -0.25) is 4.79 Å². The highest BCUT2D eigenvalue weighted by Crippen LogP contribution is 2.31. The van der Waals surface area contributed by atoms with Gasteiger partial charge in [0.2, 0.25) is 0 Å². The Labute approximate surface area is 200 Å². The number of para-hydroxylation sites is 2. The van der Waals surface area contributed by atoms with E-state index in [1.165, 1.54) is 17.3 Å². The van der Waals surface area contributed by atoms with E-state index in [0.29, 0.717) is 29.0 Å². The van der Waals surface area contributed by atoms with Crippen LogP contribution in [0, 0.1) is 0 Å². The molecule has 2 aromatic heterocycles. The first-order valence-electron chi connectivity index (χ1n) is 10.9. The summed E-state index contributed by atoms with van der Waals surface area (Å²) in [6.07, 6.45) is 0.833. The molecule has 0 aliphatic carbocycles. The lowest BCUT2D eigenvalue weighted by atomic mass is 10.1. The summed E-state index contributed by atoms with van der Waals surface area (Å²) < 4.78 is 7.68. The fourth-order valence-electron chi connectivity index (χ4n) is 3.85. The van der Waals surface area contributed by atoms with Crippen LogP contribution in [0.25, 0.3) is 22.3 Å². The number of nitrogens with zero attached hydrogens (tertiary/aromatic N) is 4. The van der Waals surface area contributed by atoms with Crippen LogP contribution in [0.3, 0.4) is 0 Å². The summed E-state index contributed by atoms with van der Waals surface area (Å²) in [5.41, 5.74) is 2.66. The molecule has 0 bridgehead atoms. The molecule has 5 rings (SSSR count). The van der Waals surface area contributed by atoms with Crippen LogP contribution in [0.4, 0.5) is 0 Å². The van der Waals surface area contributed by atoms with Gasteiger partial charge in [-0.1, -0.05) is 66.4 Å². The Morgan fingerprint density at radius 2 is 1.71 bits per heavy atom. The second-order valence-electron chi connectivity index (χ2n) is 7.71. The molecule has 0 fully saturated rings. The highest BCUT2D eigenvalue weighted by Gasteiger charge is 2.18. The molecule has 0 unspecified atom stereocenters. The van der Waals surface area contributed by atoms with Crippen molar-refractivity contribution < 1.29 is 4.74 Å². The smallest absolute Gasteiger partial charge is 0.258 e. The van der Waals surface area contributed by atoms with Gasteiger partial charge in [-0.25, -0.2) is 4.98 Å². The van der Waals surface area contributed by atoms with Crippen molar-refractivity contribution in [3.63, 3.8) is 0 Å². The Morgan fingerprint density at radius 1 is 0.941 bits per heavy atom. The zero-order valence-electron chi connectivity index (χ0n) is 18.6. The Bertz CT molecular complexity index is 1480. The van der Waals surface area contributed by atoms with Gasteiger partial charge in [0, 0.05) is 6.54 Å². The van der Waals surface area contributed by atoms with Crippen LogP contribution in [0.1, 0.15) is 11.4 Å². The largest absolute Gasteiger partial charge is 0.496 e. The molecule has 0 atom stereocenters. The lowest BCUT2D eigenvalue weighted by Crippen LogP contribution is -2.11. The van der Waals surface area contributed by atoms with Crippen molar-refractivity contribution in [3.05, 3.63) is 101 Å². The fourth-order valence-corrected chi connectivity index (χ4v) is 4.68. The van der Waals surface area contributed by atoms with E-state index in [4.69, 9.17) is 4.74 Å². The Morgan fingerprint density at radius 3 is 2.56 bits per heavy atom. The lowest BCUT2D eigenvalue weighted by Gasteiger charge is -2.12. The van der Waals surface area contributed by atoms with Crippen molar-refractivity contribution in [1.82, 2.24) is 24.7 Å². The van der Waals surface area contributed by atoms with Crippen molar-refractivity contribution in [2.45, 2.75) is 23.9 Å². The van der Waals surface area contributed by atoms with Gasteiger partial charge < -0.3 is 14.3 Å². The molecule has 0 amide bonds. The highest BCUT2D eigenvalue weighted by molar-refractivity contribution is 7.98. The maximum atomic E-state index is 12.4. The van der Waals surface area contributed by atoms with E-state index >= 15 is 0 Å². The molecule has 0 aliphatic rings. The molecule has 1 N–H and O–H groups in total. The van der Waals surface area contributed by atoms with Gasteiger partial charge >= 0.3 is 0 Å². The number of aromatic amines is 1. The average molecular weight is 470 g/mol. The maximum Gasteiger partial charge on any atom is 0.258 e. The standard InChI is InChI=1S/C26H23N5O2S/c1-33-22-14-8-6-12-20(22)24-29-30-26(31(24)16-15-18-9-3-2-4-10-18)34-17-23-27-21-13-7-5-11-19(21)25(32)28-23/h2-14H,15-17H2,1H3,(H,27,28,32). The Kier molecular flexibility index (Phi) is 6.40. The summed E-state index contributed by atoms with van der Waals surface area (Å²) in [5, 5.41) is 10.3. The first-order valence-corrected chi connectivity index (χ1v) is 11.9. The van der Waals surface area contributed by atoms with Gasteiger partial charge in [0.05, 0.1) is 29.3 Å². The van der Waals surface area contributed by atoms with E-state index < -0.39 is 0 Å². The second-order valence-corrected chi connectivity index (χ2v) is 8.65. The zero-order chi connectivity index (χ0) is 23.3. The molecule has 8 heteroatoms. The number of fused-ring (bicyclic) bond motifs is 1. The molecule has 3 aromatic carbocycles. The number of nitrogens with one attached hydrogen (secondary N) is 1. The summed E-state index contributed by atoms with van der Waals surface area (Å²) in [4.78, 5) is 19.9. The summed E-state index contributed by atoms with van der Waals surface area (Å²) in [6.45, 7) is 0.703. The Hall–Kier alpha value is -3.91. The molecule has 0 aliphatic heterocycles. The van der Waals surface area contributed by atoms with Crippen molar-refractivity contribution in [2.75, 3.05) is 7.11 Å². The first kappa shape index (κ1) is 21.9. The monoisotopic (exact) mass is 469 g/mol. The number of ether oxygens (including phenoxy) is 1. The van der Waals surface area contributed by atoms with Crippen LogP contribution < -0.4 is 10.3 Å². The van der Waals surface area contributed by atoms with E-state index in [9.17, 15) is 4.79 Å². The number of hydrogen-bond acceptors (Lipinski definition) is 6. The van der Waals surface area contributed by atoms with Crippen molar-refractivity contribution in [1.29, 1.82) is 0 Å². The minimum Gasteiger partial charge on any atom is -0.496 e. The number of aryl methyl sites for hydroxylation is 1. The van der Waals surface area contributed by atoms with Gasteiger partial charge in [0.1, 0.15) is 11.6 Å².